The predicted octanol–water partition coefficient (Wildman–Crippen LogP) is 12.8. The molecule has 0 radical (unpaired) electrons. The summed E-state index contributed by atoms with van der Waals surface area (Å²) in [5.41, 5.74) is 18.2. The van der Waals surface area contributed by atoms with Gasteiger partial charge in [0.25, 0.3) is 0 Å². The third kappa shape index (κ3) is 4.20. The van der Waals surface area contributed by atoms with E-state index < -0.39 is 0 Å². The van der Waals surface area contributed by atoms with Crippen LogP contribution >= 0.6 is 0 Å². The van der Waals surface area contributed by atoms with Gasteiger partial charge < -0.3 is 4.42 Å². The Kier molecular flexibility index (Phi) is 6.49. The molecule has 1 fully saturated rings. The highest BCUT2D eigenvalue weighted by Gasteiger charge is 2.46. The molecule has 5 aliphatic carbocycles. The first-order valence-electron chi connectivity index (χ1n) is 19.4. The highest BCUT2D eigenvalue weighted by molar-refractivity contribution is 6.06. The molecule has 3 nitrogen and oxygen atoms in total. The van der Waals surface area contributed by atoms with Crippen LogP contribution in [-0.2, 0) is 10.8 Å². The minimum Gasteiger partial charge on any atom is -0.438 e. The standard InChI is InChI=1S/C49H42N2O/c1-48(2)39-23-14-21-33(43(39)37-29-41-36(28-40(37)48)34-19-7-9-22-38(34)49(41)25-11-4-12-26-49)31-17-13-18-32(27-31)46-50-45(30-15-5-3-6-16-30)44-35-20-8-10-24-42(35)52-47(44)51-46/h3,5-10,14-15,18-24,27-30H,4,11-13,16-17,25-26H2,1-2H3. The number of hydrogen-bond donors (Lipinski definition) is 0. The second kappa shape index (κ2) is 11.1. The van der Waals surface area contributed by atoms with Crippen LogP contribution in [0.1, 0.15) is 110 Å². The van der Waals surface area contributed by atoms with E-state index in [0.29, 0.717) is 5.71 Å². The monoisotopic (exact) mass is 674 g/mol. The molecule has 1 saturated carbocycles. The topological polar surface area (TPSA) is 38.9 Å². The lowest BCUT2D eigenvalue weighted by atomic mass is 9.67. The molecule has 0 N–H and O–H groups in total. The van der Waals surface area contributed by atoms with E-state index in [1.165, 1.54) is 76.6 Å². The number of allylic oxidation sites excluding steroid dienone is 8. The normalized spacial score (nSPS) is 20.5. The fourth-order valence-corrected chi connectivity index (χ4v) is 10.6. The lowest BCUT2D eigenvalue weighted by molar-refractivity contribution is 0.353. The molecule has 1 spiro atoms. The van der Waals surface area contributed by atoms with Crippen molar-refractivity contribution in [2.75, 3.05) is 0 Å². The third-order valence-electron chi connectivity index (χ3n) is 13.1. The molecule has 6 aromatic rings. The van der Waals surface area contributed by atoms with Crippen LogP contribution in [0.2, 0.25) is 0 Å². The molecule has 4 aromatic carbocycles. The van der Waals surface area contributed by atoms with Gasteiger partial charge in [-0.15, -0.1) is 0 Å². The number of aromatic nitrogens is 2. The average molecular weight is 675 g/mol. The second-order valence-electron chi connectivity index (χ2n) is 16.2. The molecule has 0 bridgehead atoms. The van der Waals surface area contributed by atoms with Gasteiger partial charge in [-0.25, -0.2) is 4.98 Å². The van der Waals surface area contributed by atoms with Crippen LogP contribution in [0.4, 0.5) is 0 Å². The molecule has 0 amide bonds. The Labute approximate surface area is 305 Å². The van der Waals surface area contributed by atoms with Gasteiger partial charge in [0.05, 0.1) is 11.1 Å². The number of hydrogen-bond acceptors (Lipinski definition) is 3. The Balaban J connectivity index is 1.07. The molecule has 11 rings (SSSR count). The molecule has 0 aliphatic heterocycles. The van der Waals surface area contributed by atoms with Crippen molar-refractivity contribution < 1.29 is 4.42 Å². The summed E-state index contributed by atoms with van der Waals surface area (Å²) < 4.78 is 6.42. The number of para-hydroxylation sites is 1. The van der Waals surface area contributed by atoms with Gasteiger partial charge in [-0.3, -0.25) is 0 Å². The van der Waals surface area contributed by atoms with E-state index in [1.807, 2.05) is 12.1 Å². The van der Waals surface area contributed by atoms with E-state index in [1.54, 1.807) is 11.1 Å². The van der Waals surface area contributed by atoms with Crippen LogP contribution in [0.3, 0.4) is 0 Å². The molecule has 0 saturated heterocycles. The third-order valence-corrected chi connectivity index (χ3v) is 13.1. The summed E-state index contributed by atoms with van der Waals surface area (Å²) in [7, 11) is 0. The van der Waals surface area contributed by atoms with E-state index in [2.05, 4.69) is 117 Å². The lowest BCUT2D eigenvalue weighted by Crippen LogP contribution is -2.28. The molecule has 1 atom stereocenters. The number of rotatable bonds is 3. The van der Waals surface area contributed by atoms with Crippen LogP contribution < -0.4 is 0 Å². The van der Waals surface area contributed by atoms with E-state index in [4.69, 9.17) is 14.4 Å². The molecule has 254 valence electrons. The Bertz CT molecular complexity index is 2620. The van der Waals surface area contributed by atoms with Gasteiger partial charge in [0.2, 0.25) is 5.71 Å². The first-order valence-corrected chi connectivity index (χ1v) is 19.4. The van der Waals surface area contributed by atoms with Crippen LogP contribution in [-0.4, -0.2) is 9.97 Å². The molecule has 2 aromatic heterocycles. The van der Waals surface area contributed by atoms with Crippen LogP contribution in [0.5, 0.6) is 0 Å². The van der Waals surface area contributed by atoms with Gasteiger partial charge in [0, 0.05) is 27.7 Å². The Hall–Kier alpha value is -5.28. The van der Waals surface area contributed by atoms with E-state index in [-0.39, 0.29) is 16.7 Å². The smallest absolute Gasteiger partial charge is 0.231 e. The number of furan rings is 1. The zero-order valence-corrected chi connectivity index (χ0v) is 30.0. The summed E-state index contributed by atoms with van der Waals surface area (Å²) in [6.45, 7) is 4.86. The van der Waals surface area contributed by atoms with Crippen molar-refractivity contribution in [1.29, 1.82) is 0 Å². The van der Waals surface area contributed by atoms with Crippen molar-refractivity contribution >= 4 is 33.2 Å². The van der Waals surface area contributed by atoms with Gasteiger partial charge in [0.1, 0.15) is 5.58 Å². The minimum atomic E-state index is -0.0901. The summed E-state index contributed by atoms with van der Waals surface area (Å²) >= 11 is 0. The number of fused-ring (bicyclic) bond motifs is 11. The highest BCUT2D eigenvalue weighted by Crippen LogP contribution is 2.60. The number of benzene rings is 4. The van der Waals surface area contributed by atoms with Gasteiger partial charge in [0.15, 0.2) is 5.82 Å². The Morgan fingerprint density at radius 1 is 0.731 bits per heavy atom. The molecule has 52 heavy (non-hydrogen) atoms. The van der Waals surface area contributed by atoms with Crippen LogP contribution in [0, 0.1) is 0 Å². The van der Waals surface area contributed by atoms with Crippen molar-refractivity contribution in [2.45, 2.75) is 82.0 Å². The van der Waals surface area contributed by atoms with Gasteiger partial charge >= 0.3 is 0 Å². The molecule has 3 heteroatoms. The van der Waals surface area contributed by atoms with Gasteiger partial charge in [-0.05, 0) is 112 Å². The SMILES string of the molecule is CC1(C)c2cc3c(cc2-c2c(C4=CC(c5nc(C6C=CC=CC6)c6c(n5)oc5ccccc56)=CCC4)cccc21)C1(CCCCC1)c1ccccc1-3. The summed E-state index contributed by atoms with van der Waals surface area (Å²) in [5.74, 6) is 0.934. The van der Waals surface area contributed by atoms with Crippen molar-refractivity contribution in [3.05, 3.63) is 155 Å². The predicted molar refractivity (Wildman–Crippen MR) is 213 cm³/mol. The molecule has 2 heterocycles. The number of nitrogens with zero attached hydrogens (tertiary/aromatic N) is 2. The minimum absolute atomic E-state index is 0.0901. The highest BCUT2D eigenvalue weighted by atomic mass is 16.3. The maximum atomic E-state index is 6.42. The van der Waals surface area contributed by atoms with E-state index in [0.717, 1.165) is 52.7 Å². The quantitative estimate of drug-likeness (QED) is 0.188. The maximum Gasteiger partial charge on any atom is 0.231 e. The Morgan fingerprint density at radius 3 is 2.42 bits per heavy atom. The van der Waals surface area contributed by atoms with Gasteiger partial charge in [-0.1, -0.05) is 124 Å². The molecular formula is C49H42N2O. The van der Waals surface area contributed by atoms with Gasteiger partial charge in [-0.2, -0.15) is 4.98 Å². The first kappa shape index (κ1) is 30.4. The summed E-state index contributed by atoms with van der Waals surface area (Å²) in [6, 6.07) is 29.8. The summed E-state index contributed by atoms with van der Waals surface area (Å²) in [6.07, 6.45) is 22.8. The van der Waals surface area contributed by atoms with E-state index in [9.17, 15) is 0 Å². The summed E-state index contributed by atoms with van der Waals surface area (Å²) in [5, 5.41) is 2.12. The first-order chi connectivity index (χ1) is 25.5. The zero-order valence-electron chi connectivity index (χ0n) is 30.0. The fraction of sp³-hybridized carbons (Fsp3) is 0.265. The van der Waals surface area contributed by atoms with E-state index >= 15 is 0 Å². The van der Waals surface area contributed by atoms with Crippen LogP contribution in [0.25, 0.3) is 55.5 Å². The fourth-order valence-electron chi connectivity index (χ4n) is 10.6. The Morgan fingerprint density at radius 2 is 1.54 bits per heavy atom. The largest absolute Gasteiger partial charge is 0.438 e. The average Bonchev–Trinajstić information content (AvgIpc) is 3.78. The van der Waals surface area contributed by atoms with Crippen molar-refractivity contribution in [2.24, 2.45) is 0 Å². The molecule has 1 unspecified atom stereocenters. The summed E-state index contributed by atoms with van der Waals surface area (Å²) in [4.78, 5) is 10.5. The molecular weight excluding hydrogens is 633 g/mol. The maximum absolute atomic E-state index is 6.42. The molecule has 5 aliphatic rings. The van der Waals surface area contributed by atoms with Crippen molar-refractivity contribution in [3.63, 3.8) is 0 Å². The van der Waals surface area contributed by atoms with Crippen molar-refractivity contribution in [3.8, 4) is 22.3 Å². The second-order valence-corrected chi connectivity index (χ2v) is 16.2. The van der Waals surface area contributed by atoms with Crippen LogP contribution in [0.15, 0.2) is 120 Å². The lowest BCUT2D eigenvalue weighted by Gasteiger charge is -2.36. The zero-order chi connectivity index (χ0) is 34.6. The van der Waals surface area contributed by atoms with Crippen molar-refractivity contribution in [1.82, 2.24) is 9.97 Å².